The van der Waals surface area contributed by atoms with E-state index in [9.17, 15) is 9.18 Å². The Morgan fingerprint density at radius 2 is 2.11 bits per heavy atom. The van der Waals surface area contributed by atoms with E-state index < -0.39 is 0 Å². The highest BCUT2D eigenvalue weighted by molar-refractivity contribution is 9.10. The summed E-state index contributed by atoms with van der Waals surface area (Å²) in [5, 5.41) is 0. The van der Waals surface area contributed by atoms with Crippen LogP contribution in [0.4, 0.5) is 15.8 Å². The lowest BCUT2D eigenvalue weighted by Gasteiger charge is -2.24. The Labute approximate surface area is 120 Å². The van der Waals surface area contributed by atoms with Crippen molar-refractivity contribution in [3.8, 4) is 0 Å². The van der Waals surface area contributed by atoms with Crippen LogP contribution in [-0.2, 0) is 4.79 Å². The Hall–Kier alpha value is -1.30. The number of benzene rings is 1. The monoisotopic (exact) mass is 329 g/mol. The van der Waals surface area contributed by atoms with Crippen LogP contribution in [0.15, 0.2) is 16.6 Å². The number of likely N-dealkylation sites (N-methyl/N-ethyl adjacent to an activating group) is 1. The molecule has 1 aromatic rings. The van der Waals surface area contributed by atoms with Crippen molar-refractivity contribution in [2.75, 3.05) is 37.3 Å². The molecule has 0 bridgehead atoms. The van der Waals surface area contributed by atoms with Gasteiger partial charge in [-0.1, -0.05) is 0 Å². The minimum Gasteiger partial charge on any atom is -0.397 e. The van der Waals surface area contributed by atoms with Crippen molar-refractivity contribution in [1.29, 1.82) is 0 Å². The van der Waals surface area contributed by atoms with Crippen LogP contribution >= 0.6 is 15.9 Å². The Kier molecular flexibility index (Phi) is 4.29. The van der Waals surface area contributed by atoms with E-state index in [1.165, 1.54) is 12.1 Å². The summed E-state index contributed by atoms with van der Waals surface area (Å²) >= 11 is 3.09. The van der Waals surface area contributed by atoms with Gasteiger partial charge in [0.1, 0.15) is 5.82 Å². The maximum Gasteiger partial charge on any atom is 0.242 e. The topological polar surface area (TPSA) is 49.6 Å². The molecule has 0 unspecified atom stereocenters. The zero-order valence-electron chi connectivity index (χ0n) is 10.8. The average Bonchev–Trinajstić information content (AvgIpc) is 2.87. The maximum absolute atomic E-state index is 13.5. The molecule has 1 heterocycles. The summed E-state index contributed by atoms with van der Waals surface area (Å²) in [6, 6.07) is 2.86. The third-order valence-corrected chi connectivity index (χ3v) is 3.92. The zero-order valence-corrected chi connectivity index (χ0v) is 12.4. The Balaban J connectivity index is 2.09. The minimum atomic E-state index is -0.385. The van der Waals surface area contributed by atoms with E-state index in [4.69, 9.17) is 5.73 Å². The molecule has 1 amide bonds. The number of hydrogen-bond donors (Lipinski definition) is 1. The van der Waals surface area contributed by atoms with E-state index in [2.05, 4.69) is 15.9 Å². The summed E-state index contributed by atoms with van der Waals surface area (Å²) in [6.07, 6.45) is 2.12. The van der Waals surface area contributed by atoms with Gasteiger partial charge in [-0.2, -0.15) is 0 Å². The van der Waals surface area contributed by atoms with E-state index in [1.807, 2.05) is 4.90 Å². The molecule has 1 aliphatic heterocycles. The Morgan fingerprint density at radius 3 is 2.74 bits per heavy atom. The first-order valence-electron chi connectivity index (χ1n) is 6.22. The van der Waals surface area contributed by atoms with Crippen LogP contribution in [0, 0.1) is 5.82 Å². The Morgan fingerprint density at radius 1 is 1.47 bits per heavy atom. The number of carbonyl (C=O) groups is 1. The van der Waals surface area contributed by atoms with E-state index >= 15 is 0 Å². The standard InChI is InChI=1S/C13H17BrFN3O/c1-17(8-13(19)18-4-2-3-5-18)12-7-10(15)9(14)6-11(12)16/h6-7H,2-5,8,16H2,1H3. The number of halogens is 2. The summed E-state index contributed by atoms with van der Waals surface area (Å²) in [4.78, 5) is 15.6. The van der Waals surface area contributed by atoms with Crippen LogP contribution in [0.25, 0.3) is 0 Å². The van der Waals surface area contributed by atoms with Crippen molar-refractivity contribution < 1.29 is 9.18 Å². The van der Waals surface area contributed by atoms with E-state index in [0.717, 1.165) is 25.9 Å². The van der Waals surface area contributed by atoms with Crippen LogP contribution in [-0.4, -0.2) is 37.5 Å². The highest BCUT2D eigenvalue weighted by Gasteiger charge is 2.20. The molecule has 1 aliphatic rings. The van der Waals surface area contributed by atoms with Crippen LogP contribution in [0.3, 0.4) is 0 Å². The fourth-order valence-corrected chi connectivity index (χ4v) is 2.60. The number of nitrogens with two attached hydrogens (primary N) is 1. The molecule has 6 heteroatoms. The fraction of sp³-hybridized carbons (Fsp3) is 0.462. The van der Waals surface area contributed by atoms with Crippen LogP contribution < -0.4 is 10.6 Å². The van der Waals surface area contributed by atoms with E-state index in [-0.39, 0.29) is 18.3 Å². The van der Waals surface area contributed by atoms with Crippen molar-refractivity contribution in [2.45, 2.75) is 12.8 Å². The molecule has 0 spiro atoms. The number of carbonyl (C=O) groups excluding carboxylic acids is 1. The first-order chi connectivity index (χ1) is 8.99. The number of nitrogens with zero attached hydrogens (tertiary/aromatic N) is 2. The van der Waals surface area contributed by atoms with Crippen LogP contribution in [0.5, 0.6) is 0 Å². The lowest BCUT2D eigenvalue weighted by Crippen LogP contribution is -2.37. The van der Waals surface area contributed by atoms with Gasteiger partial charge in [-0.15, -0.1) is 0 Å². The molecular formula is C13H17BrFN3O. The molecule has 2 rings (SSSR count). The number of nitrogen functional groups attached to an aromatic ring is 1. The van der Waals surface area contributed by atoms with Crippen LogP contribution in [0.1, 0.15) is 12.8 Å². The molecule has 1 saturated heterocycles. The van der Waals surface area contributed by atoms with Gasteiger partial charge in [0, 0.05) is 26.2 Å². The summed E-state index contributed by atoms with van der Waals surface area (Å²) in [5.41, 5.74) is 6.84. The highest BCUT2D eigenvalue weighted by Crippen LogP contribution is 2.28. The summed E-state index contributed by atoms with van der Waals surface area (Å²) in [6.45, 7) is 1.85. The number of rotatable bonds is 3. The molecule has 0 aromatic heterocycles. The molecule has 104 valence electrons. The van der Waals surface area contributed by atoms with Gasteiger partial charge in [0.15, 0.2) is 0 Å². The zero-order chi connectivity index (χ0) is 14.0. The molecule has 4 nitrogen and oxygen atoms in total. The maximum atomic E-state index is 13.5. The van der Waals surface area contributed by atoms with Crippen molar-refractivity contribution in [3.63, 3.8) is 0 Å². The molecular weight excluding hydrogens is 313 g/mol. The van der Waals surface area contributed by atoms with Gasteiger partial charge >= 0.3 is 0 Å². The molecule has 19 heavy (non-hydrogen) atoms. The first-order valence-corrected chi connectivity index (χ1v) is 7.02. The number of hydrogen-bond acceptors (Lipinski definition) is 3. The van der Waals surface area contributed by atoms with E-state index in [1.54, 1.807) is 11.9 Å². The summed E-state index contributed by atoms with van der Waals surface area (Å²) in [5.74, 6) is -0.326. The fourth-order valence-electron chi connectivity index (χ4n) is 2.24. The smallest absolute Gasteiger partial charge is 0.242 e. The number of anilines is 2. The normalized spacial score (nSPS) is 14.8. The van der Waals surface area contributed by atoms with Gasteiger partial charge < -0.3 is 15.5 Å². The van der Waals surface area contributed by atoms with Gasteiger partial charge in [0.25, 0.3) is 0 Å². The lowest BCUT2D eigenvalue weighted by atomic mass is 10.2. The molecule has 2 N–H and O–H groups in total. The second kappa shape index (κ2) is 5.77. The van der Waals surface area contributed by atoms with Crippen molar-refractivity contribution in [2.24, 2.45) is 0 Å². The van der Waals surface area contributed by atoms with Crippen molar-refractivity contribution in [1.82, 2.24) is 4.90 Å². The predicted octanol–water partition coefficient (Wildman–Crippen LogP) is 2.23. The van der Waals surface area contributed by atoms with Gasteiger partial charge in [-0.25, -0.2) is 4.39 Å². The second-order valence-electron chi connectivity index (χ2n) is 4.77. The second-order valence-corrected chi connectivity index (χ2v) is 5.62. The third kappa shape index (κ3) is 3.18. The van der Waals surface area contributed by atoms with Crippen molar-refractivity contribution >= 4 is 33.2 Å². The van der Waals surface area contributed by atoms with Gasteiger partial charge in [0.2, 0.25) is 5.91 Å². The molecule has 1 fully saturated rings. The number of likely N-dealkylation sites (tertiary alicyclic amines) is 1. The molecule has 1 aromatic carbocycles. The summed E-state index contributed by atoms with van der Waals surface area (Å²) < 4.78 is 13.9. The minimum absolute atomic E-state index is 0.0581. The molecule has 0 saturated carbocycles. The SMILES string of the molecule is CN(CC(=O)N1CCCC1)c1cc(F)c(Br)cc1N. The van der Waals surface area contributed by atoms with Gasteiger partial charge in [-0.3, -0.25) is 4.79 Å². The van der Waals surface area contributed by atoms with Crippen LogP contribution in [0.2, 0.25) is 0 Å². The van der Waals surface area contributed by atoms with E-state index in [0.29, 0.717) is 15.8 Å². The molecule has 0 atom stereocenters. The Bertz CT molecular complexity index is 489. The largest absolute Gasteiger partial charge is 0.397 e. The van der Waals surface area contributed by atoms with Gasteiger partial charge in [-0.05, 0) is 34.8 Å². The molecule has 0 aliphatic carbocycles. The average molecular weight is 330 g/mol. The third-order valence-electron chi connectivity index (χ3n) is 3.31. The highest BCUT2D eigenvalue weighted by atomic mass is 79.9. The quantitative estimate of drug-likeness (QED) is 0.865. The molecule has 0 radical (unpaired) electrons. The summed E-state index contributed by atoms with van der Waals surface area (Å²) in [7, 11) is 1.74. The van der Waals surface area contributed by atoms with Crippen molar-refractivity contribution in [3.05, 3.63) is 22.4 Å². The predicted molar refractivity (Wildman–Crippen MR) is 77.6 cm³/mol. The lowest BCUT2D eigenvalue weighted by molar-refractivity contribution is -0.128. The van der Waals surface area contributed by atoms with Gasteiger partial charge in [0.05, 0.1) is 22.4 Å². The number of amides is 1. The first kappa shape index (κ1) is 14.1.